The Hall–Kier alpha value is 0.432. The molecular formula is C4H7BCl3NSi. The molecule has 0 aliphatic carbocycles. The molecule has 1 N–H and O–H groups in total. The molecule has 0 aromatic carbocycles. The monoisotopic (exact) mass is 213 g/mol. The molecule has 0 heterocycles. The van der Waals surface area contributed by atoms with Crippen LogP contribution in [0.3, 0.4) is 0 Å². The number of nitrogens with one attached hydrogen (secondary N) is 1. The van der Waals surface area contributed by atoms with Gasteiger partial charge in [-0.25, -0.2) is 0 Å². The molecule has 0 aliphatic heterocycles. The summed E-state index contributed by atoms with van der Waals surface area (Å²) in [6, 6.07) is 0. The van der Waals surface area contributed by atoms with Gasteiger partial charge in [-0.05, 0) is 6.20 Å². The van der Waals surface area contributed by atoms with Crippen LogP contribution in [-0.2, 0) is 0 Å². The van der Waals surface area contributed by atoms with Crippen molar-refractivity contribution < 1.29 is 0 Å². The van der Waals surface area contributed by atoms with Crippen LogP contribution in [0.1, 0.15) is 0 Å². The van der Waals surface area contributed by atoms with Gasteiger partial charge in [0.1, 0.15) is 0 Å². The van der Waals surface area contributed by atoms with Gasteiger partial charge in [0, 0.05) is 0 Å². The molecule has 0 fully saturated rings. The fraction of sp³-hybridized carbons (Fsp3) is 0. The van der Waals surface area contributed by atoms with Crippen molar-refractivity contribution in [2.45, 2.75) is 0 Å². The summed E-state index contributed by atoms with van der Waals surface area (Å²) in [6.45, 7) is 1.52. The summed E-state index contributed by atoms with van der Waals surface area (Å²) in [6.07, 6.45) is 1.64. The molecule has 0 rings (SSSR count). The highest BCUT2D eigenvalue weighted by Gasteiger charge is 2.21. The van der Waals surface area contributed by atoms with Gasteiger partial charge in [0.05, 0.1) is 0 Å². The average Bonchev–Trinajstić information content (AvgIpc) is 1.89. The third kappa shape index (κ3) is 5.24. The van der Waals surface area contributed by atoms with Gasteiger partial charge >= 0.3 is 6.86 Å². The Bertz CT molecular complexity index is 138. The van der Waals surface area contributed by atoms with E-state index in [2.05, 4.69) is 11.6 Å². The van der Waals surface area contributed by atoms with E-state index in [1.54, 1.807) is 12.2 Å². The van der Waals surface area contributed by atoms with Crippen LogP contribution in [0.2, 0.25) is 0 Å². The molecule has 1 nitrogen and oxygen atoms in total. The van der Waals surface area contributed by atoms with E-state index >= 15 is 0 Å². The zero-order valence-electron chi connectivity index (χ0n) is 5.28. The maximum absolute atomic E-state index is 5.74. The second kappa shape index (κ2) is 5.13. The molecule has 0 aliphatic rings. The Morgan fingerprint density at radius 1 is 1.50 bits per heavy atom. The summed E-state index contributed by atoms with van der Waals surface area (Å²) in [4.78, 5) is 2.80. The molecule has 0 atom stereocenters. The minimum absolute atomic E-state index is 0.447. The smallest absolute Gasteiger partial charge is 0.374 e. The summed E-state index contributed by atoms with van der Waals surface area (Å²) in [5.74, 6) is 1.72. The zero-order valence-corrected chi connectivity index (χ0v) is 8.55. The minimum Gasteiger partial charge on any atom is -0.391 e. The van der Waals surface area contributed by atoms with Crippen LogP contribution >= 0.6 is 33.6 Å². The van der Waals surface area contributed by atoms with Gasteiger partial charge in [0.25, 0.3) is 6.69 Å². The third-order valence-electron chi connectivity index (χ3n) is 0.739. The summed E-state index contributed by atoms with van der Waals surface area (Å²) < 4.78 is 0. The first-order chi connectivity index (χ1) is 4.62. The van der Waals surface area contributed by atoms with Gasteiger partial charge in [-0.3, -0.25) is 0 Å². The first kappa shape index (κ1) is 10.4. The lowest BCUT2D eigenvalue weighted by molar-refractivity contribution is 1.36. The second-order valence-electron chi connectivity index (χ2n) is 1.53. The van der Waals surface area contributed by atoms with Gasteiger partial charge in [0.2, 0.25) is 0 Å². The van der Waals surface area contributed by atoms with E-state index in [1.165, 1.54) is 5.70 Å². The van der Waals surface area contributed by atoms with Crippen molar-refractivity contribution in [1.82, 2.24) is 4.98 Å². The van der Waals surface area contributed by atoms with E-state index < -0.39 is 6.86 Å². The molecule has 0 bridgehead atoms. The highest BCUT2D eigenvalue weighted by atomic mass is 35.7. The Labute approximate surface area is 76.7 Å². The fourth-order valence-electron chi connectivity index (χ4n) is 0.274. The average molecular weight is 214 g/mol. The molecule has 0 unspecified atom stereocenters. The zero-order chi connectivity index (χ0) is 8.04. The summed E-state index contributed by atoms with van der Waals surface area (Å²) >= 11 is 16.8. The summed E-state index contributed by atoms with van der Waals surface area (Å²) in [5, 5.41) is 0. The van der Waals surface area contributed by atoms with Gasteiger partial charge in [-0.15, -0.1) is 28.7 Å². The predicted molar refractivity (Wildman–Crippen MR) is 52.9 cm³/mol. The second-order valence-corrected chi connectivity index (χ2v) is 7.94. The maximum atomic E-state index is 5.74. The van der Waals surface area contributed by atoms with Crippen LogP contribution in [0.4, 0.5) is 0 Å². The fourth-order valence-corrected chi connectivity index (χ4v) is 1.20. The van der Waals surface area contributed by atoms with Crippen LogP contribution in [-0.4, -0.2) is 13.5 Å². The maximum Gasteiger partial charge on any atom is 0.374 e. The summed E-state index contributed by atoms with van der Waals surface area (Å²) in [5.41, 5.74) is 1.52. The van der Waals surface area contributed by atoms with Gasteiger partial charge in [-0.1, -0.05) is 11.7 Å². The Morgan fingerprint density at radius 2 is 2.10 bits per heavy atom. The lowest BCUT2D eigenvalue weighted by Gasteiger charge is -2.09. The number of hydrogen-bond acceptors (Lipinski definition) is 1. The van der Waals surface area contributed by atoms with Crippen molar-refractivity contribution in [1.29, 1.82) is 0 Å². The first-order valence-corrected chi connectivity index (χ1v) is 7.26. The molecule has 56 valence electrons. The van der Waals surface area contributed by atoms with E-state index in [1.807, 2.05) is 0 Å². The van der Waals surface area contributed by atoms with Crippen LogP contribution in [0.25, 0.3) is 0 Å². The van der Waals surface area contributed by atoms with Crippen molar-refractivity contribution in [3.05, 3.63) is 24.5 Å². The third-order valence-corrected chi connectivity index (χ3v) is 3.56. The van der Waals surface area contributed by atoms with Crippen molar-refractivity contribution in [3.8, 4) is 0 Å². The van der Waals surface area contributed by atoms with Crippen LogP contribution < -0.4 is 4.98 Å². The first-order valence-electron chi connectivity index (χ1n) is 2.62. The standard InChI is InChI=1S/C4H7BCl3NSi/c1-2-10(7,8)9-4-3-5-6/h2-5,9H,1H2. The molecule has 0 spiro atoms. The minimum atomic E-state index is -2.40. The molecule has 0 amide bonds. The van der Waals surface area contributed by atoms with Crippen molar-refractivity contribution in [2.75, 3.05) is 0 Å². The molecule has 0 aromatic rings. The lowest BCUT2D eigenvalue weighted by atomic mass is 10.1. The van der Waals surface area contributed by atoms with Crippen molar-refractivity contribution in [2.24, 2.45) is 0 Å². The Morgan fingerprint density at radius 3 is 2.50 bits per heavy atom. The van der Waals surface area contributed by atoms with Gasteiger partial charge in [-0.2, -0.15) is 11.5 Å². The predicted octanol–water partition coefficient (Wildman–Crippen LogP) is 1.78. The number of halogens is 3. The Kier molecular flexibility index (Phi) is 5.35. The lowest BCUT2D eigenvalue weighted by Crippen LogP contribution is -2.33. The Balaban J connectivity index is 3.66. The number of hydrogen-bond donors (Lipinski definition) is 1. The molecule has 6 heteroatoms. The highest BCUT2D eigenvalue weighted by Crippen LogP contribution is 2.10. The van der Waals surface area contributed by atoms with E-state index in [0.717, 1.165) is 0 Å². The van der Waals surface area contributed by atoms with Crippen molar-refractivity contribution in [3.63, 3.8) is 0 Å². The highest BCUT2D eigenvalue weighted by molar-refractivity contribution is 7.46. The van der Waals surface area contributed by atoms with E-state index in [9.17, 15) is 0 Å². The molecule has 0 saturated heterocycles. The van der Waals surface area contributed by atoms with E-state index in [-0.39, 0.29) is 0 Å². The van der Waals surface area contributed by atoms with Crippen molar-refractivity contribution >= 4 is 47.2 Å². The van der Waals surface area contributed by atoms with Gasteiger partial charge < -0.3 is 4.98 Å². The summed E-state index contributed by atoms with van der Waals surface area (Å²) in [7, 11) is 0. The normalized spacial score (nSPS) is 11.5. The topological polar surface area (TPSA) is 12.0 Å². The number of rotatable bonds is 4. The quantitative estimate of drug-likeness (QED) is 0.555. The molecule has 0 aromatic heterocycles. The molecule has 10 heavy (non-hydrogen) atoms. The molecular weight excluding hydrogens is 207 g/mol. The van der Waals surface area contributed by atoms with Gasteiger partial charge in [0.15, 0.2) is 0 Å². The largest absolute Gasteiger partial charge is 0.391 e. The van der Waals surface area contributed by atoms with Crippen LogP contribution in [0, 0.1) is 0 Å². The SMILES string of the molecule is C=C[Si](Cl)(Cl)NC=CBCl. The van der Waals surface area contributed by atoms with E-state index in [4.69, 9.17) is 33.6 Å². The van der Waals surface area contributed by atoms with Crippen LogP contribution in [0.5, 0.6) is 0 Å². The molecule has 0 saturated carbocycles. The van der Waals surface area contributed by atoms with Crippen LogP contribution in [0.15, 0.2) is 24.5 Å². The molecule has 0 radical (unpaired) electrons. The van der Waals surface area contributed by atoms with E-state index in [0.29, 0.717) is 6.69 Å².